The van der Waals surface area contributed by atoms with Crippen LogP contribution in [0, 0.1) is 0 Å². The van der Waals surface area contributed by atoms with Crippen LogP contribution in [0.5, 0.6) is 0 Å². The monoisotopic (exact) mass is 1620 g/mol. The minimum atomic E-state index is -2.59. The zero-order valence-electron chi connectivity index (χ0n) is 63.9. The van der Waals surface area contributed by atoms with Crippen LogP contribution in [0.4, 0.5) is 0 Å². The van der Waals surface area contributed by atoms with E-state index in [1.54, 1.807) is 0 Å². The normalized spacial score (nSPS) is 31.0. The number of aliphatic hydroxyl groups is 1. The van der Waals surface area contributed by atoms with Gasteiger partial charge in [-0.3, -0.25) is 67.1 Å². The summed E-state index contributed by atoms with van der Waals surface area (Å²) >= 11 is 0. The summed E-state index contributed by atoms with van der Waals surface area (Å²) in [4.78, 5) is 212. The average molecular weight is 1630 g/mol. The Morgan fingerprint density at radius 2 is 0.474 bits per heavy atom. The molecule has 0 aromatic heterocycles. The van der Waals surface area contributed by atoms with Crippen LogP contribution >= 0.6 is 0 Å². The largest absolute Gasteiger partial charge is 0.463 e. The number of hydrogen-bond acceptors (Lipinski definition) is 42. The minimum Gasteiger partial charge on any atom is -0.463 e. The third-order valence-corrected chi connectivity index (χ3v) is 16.6. The Morgan fingerprint density at radius 1 is 0.246 bits per heavy atom. The first kappa shape index (κ1) is 90.7. The molecule has 1 N–H and O–H groups in total. The number of ether oxygens (including phenoxy) is 25. The number of esters is 16. The van der Waals surface area contributed by atoms with Gasteiger partial charge in [0.15, 0.2) is 117 Å². The Bertz CT molecular complexity index is 3750. The van der Waals surface area contributed by atoms with Gasteiger partial charge >= 0.3 is 95.5 Å². The van der Waals surface area contributed by atoms with Gasteiger partial charge in [-0.05, 0) is 24.3 Å². The lowest BCUT2D eigenvalue weighted by Gasteiger charge is -2.50. The predicted octanol–water partition coefficient (Wildman–Crippen LogP) is -0.204. The molecule has 114 heavy (non-hydrogen) atoms. The summed E-state index contributed by atoms with van der Waals surface area (Å²) in [5.74, 6) is -17.7. The SMILES string of the molecule is CC(=O)OC[C@H]1O[C@H](O[C@@H]2[C@@H](OC[C@H]3O[C@H](O)[C@@H](OC(=O)c4ccccc4)[C@@H](O[C@H]4O[C@H](COC(C)=O)[C@@H](OC(C)=O)[C@H](OC(C)=O)[C@@H]4O[C@H]4O[C@H](COC(C)=O)[C@@H](OC(C)=O)[C@H](OC(C)=O)[C@@H]4OC(C)=O)[C@@H]3OC(=O)c3ccccc3)O[C@H](COC(C)=O)[C@@H](OC(C)=O)[C@@H]2OC(C)=O)[C@@H](OC(C)=O)[C@@H](OC(C)=O)[C@@H]1OC(C)=O. The maximum atomic E-state index is 15.0. The summed E-state index contributed by atoms with van der Waals surface area (Å²) in [6.45, 7) is 8.15. The second kappa shape index (κ2) is 42.1. The molecule has 2 aromatic rings. The van der Waals surface area contributed by atoms with Crippen molar-refractivity contribution in [3.8, 4) is 0 Å². The van der Waals surface area contributed by atoms with E-state index in [1.807, 2.05) is 0 Å². The Balaban J connectivity index is 1.49. The molecule has 0 radical (unpaired) electrons. The highest BCUT2D eigenvalue weighted by atomic mass is 16.8. The number of hydrogen-bond donors (Lipinski definition) is 1. The number of rotatable bonds is 31. The average Bonchev–Trinajstić information content (AvgIpc) is 0.760. The molecule has 5 fully saturated rings. The predicted molar refractivity (Wildman–Crippen MR) is 359 cm³/mol. The molecule has 5 aliphatic rings. The van der Waals surface area contributed by atoms with Crippen molar-refractivity contribution in [2.45, 2.75) is 250 Å². The van der Waals surface area contributed by atoms with Gasteiger partial charge in [0.2, 0.25) is 0 Å². The molecule has 42 nitrogen and oxygen atoms in total. The second-order valence-electron chi connectivity index (χ2n) is 25.8. The van der Waals surface area contributed by atoms with Gasteiger partial charge < -0.3 is 124 Å². The van der Waals surface area contributed by atoms with Crippen molar-refractivity contribution in [2.24, 2.45) is 0 Å². The van der Waals surface area contributed by atoms with Gasteiger partial charge in [-0.1, -0.05) is 36.4 Å². The fourth-order valence-corrected chi connectivity index (χ4v) is 12.5. The molecule has 0 spiro atoms. The van der Waals surface area contributed by atoms with Gasteiger partial charge in [0, 0.05) is 96.9 Å². The van der Waals surface area contributed by atoms with E-state index in [0.29, 0.717) is 0 Å². The molecular weight excluding hydrogens is 1540 g/mol. The van der Waals surface area contributed by atoms with Crippen LogP contribution in [-0.2, 0) is 186 Å². The van der Waals surface area contributed by atoms with Crippen LogP contribution in [0.2, 0.25) is 0 Å². The van der Waals surface area contributed by atoms with E-state index in [4.69, 9.17) is 118 Å². The maximum Gasteiger partial charge on any atom is 0.338 e. The Hall–Kier alpha value is -10.4. The molecule has 5 saturated heterocycles. The van der Waals surface area contributed by atoms with Gasteiger partial charge in [0.05, 0.1) is 17.7 Å². The highest BCUT2D eigenvalue weighted by Gasteiger charge is 2.63. The third kappa shape index (κ3) is 26.0. The Kier molecular flexibility index (Phi) is 33.5. The maximum absolute atomic E-state index is 15.0. The van der Waals surface area contributed by atoms with Crippen LogP contribution in [0.1, 0.15) is 118 Å². The van der Waals surface area contributed by atoms with E-state index < -0.39 is 282 Å². The van der Waals surface area contributed by atoms with Gasteiger partial charge in [-0.15, -0.1) is 0 Å². The molecule has 0 aliphatic carbocycles. The first-order valence-electron chi connectivity index (χ1n) is 35.1. The summed E-state index contributed by atoms with van der Waals surface area (Å²) in [5.41, 5.74) is -0.469. The van der Waals surface area contributed by atoms with Crippen LogP contribution in [-0.4, -0.2) is 287 Å². The third-order valence-electron chi connectivity index (χ3n) is 16.6. The van der Waals surface area contributed by atoms with E-state index in [9.17, 15) is 77.0 Å². The number of benzene rings is 2. The molecule has 0 saturated carbocycles. The number of carbonyl (C=O) groups is 16. The fraction of sp³-hybridized carbons (Fsp3) is 0.611. The van der Waals surface area contributed by atoms with E-state index >= 15 is 4.79 Å². The molecule has 0 amide bonds. The van der Waals surface area contributed by atoms with E-state index in [2.05, 4.69) is 0 Å². The van der Waals surface area contributed by atoms with Gasteiger partial charge in [0.25, 0.3) is 0 Å². The highest BCUT2D eigenvalue weighted by Crippen LogP contribution is 2.41. The van der Waals surface area contributed by atoms with Crippen LogP contribution < -0.4 is 0 Å². The Labute approximate surface area is 649 Å². The summed E-state index contributed by atoms with van der Waals surface area (Å²) in [7, 11) is 0. The zero-order valence-corrected chi connectivity index (χ0v) is 63.9. The van der Waals surface area contributed by atoms with E-state index in [1.165, 1.54) is 60.7 Å². The van der Waals surface area contributed by atoms with Gasteiger partial charge in [-0.2, -0.15) is 0 Å². The molecule has 7 rings (SSSR count). The number of aliphatic hydroxyl groups excluding tert-OH is 1. The van der Waals surface area contributed by atoms with Crippen LogP contribution in [0.25, 0.3) is 0 Å². The van der Waals surface area contributed by atoms with Crippen molar-refractivity contribution < 1.29 is 200 Å². The zero-order chi connectivity index (χ0) is 84.1. The second-order valence-corrected chi connectivity index (χ2v) is 25.8. The van der Waals surface area contributed by atoms with Gasteiger partial charge in [0.1, 0.15) is 63.1 Å². The first-order valence-corrected chi connectivity index (χ1v) is 35.1. The smallest absolute Gasteiger partial charge is 0.338 e. The summed E-state index contributed by atoms with van der Waals surface area (Å²) in [6.07, 6.45) is -53.2. The molecule has 5 heterocycles. The van der Waals surface area contributed by atoms with Crippen molar-refractivity contribution in [2.75, 3.05) is 33.0 Å². The lowest BCUT2D eigenvalue weighted by atomic mass is 9.95. The topological polar surface area (TPSA) is 524 Å². The molecule has 0 bridgehead atoms. The lowest BCUT2D eigenvalue weighted by Crippen LogP contribution is -2.69. The quantitative estimate of drug-likeness (QED) is 0.0754. The van der Waals surface area contributed by atoms with E-state index in [-0.39, 0.29) is 11.1 Å². The molecule has 0 unspecified atom stereocenters. The van der Waals surface area contributed by atoms with Crippen molar-refractivity contribution in [1.82, 2.24) is 0 Å². The van der Waals surface area contributed by atoms with Crippen LogP contribution in [0.15, 0.2) is 60.7 Å². The molecule has 5 aliphatic heterocycles. The van der Waals surface area contributed by atoms with Crippen molar-refractivity contribution >= 4 is 95.5 Å². The standard InChI is InChI=1S/C72H88O42/c1-30(73)90-25-47-51(95-34(5)77)57(99-38(9)81)62(113-70-63(103-42(13)85)58(100-39(10)82)52(96-35(6)78)48(107-70)26-91-31(2)74)69(106-47)94-29-46-55(110-66(87)44-21-17-15-18-22-44)56(61(68(89)105-46)111-67(88)45-23-19-16-20-24-45)112-72-65(60(102-41(12)84)54(98-37(8)80)50(109-72)28-93-33(4)76)114-71-64(104-43(14)86)59(101-40(11)83)53(97-36(7)79)49(108-71)27-92-32(3)75/h15-24,46-65,68-72,89H,25-29H2,1-14H3/t46-,47-,48-,49-,50-,51-,52-,53-,54-,55-,56+,57+,58+,59+,60+,61+,62+,63+,64+,65+,68+,69+,70-,71-,72-/m1/s1. The highest BCUT2D eigenvalue weighted by molar-refractivity contribution is 5.90. The van der Waals surface area contributed by atoms with Crippen molar-refractivity contribution in [1.29, 1.82) is 0 Å². The number of carbonyl (C=O) groups excluding carboxylic acids is 16. The minimum absolute atomic E-state index is 0.221. The molecule has 25 atom stereocenters. The lowest BCUT2D eigenvalue weighted by molar-refractivity contribution is -0.390. The molecule has 628 valence electrons. The fourth-order valence-electron chi connectivity index (χ4n) is 12.5. The Morgan fingerprint density at radius 3 is 0.772 bits per heavy atom. The van der Waals surface area contributed by atoms with Crippen molar-refractivity contribution in [3.63, 3.8) is 0 Å². The summed E-state index contributed by atoms with van der Waals surface area (Å²) in [6, 6.07) is 13.7. The molecular formula is C72H88O42. The summed E-state index contributed by atoms with van der Waals surface area (Å²) in [5, 5.41) is 12.7. The van der Waals surface area contributed by atoms with Crippen LogP contribution in [0.3, 0.4) is 0 Å². The van der Waals surface area contributed by atoms with E-state index in [0.717, 1.165) is 96.9 Å². The molecule has 42 heteroatoms. The summed E-state index contributed by atoms with van der Waals surface area (Å²) < 4.78 is 149. The van der Waals surface area contributed by atoms with Crippen molar-refractivity contribution in [3.05, 3.63) is 71.8 Å². The molecule has 2 aromatic carbocycles. The first-order chi connectivity index (χ1) is 53.8. The van der Waals surface area contributed by atoms with Gasteiger partial charge in [-0.25, -0.2) is 9.59 Å².